The largest absolute Gasteiger partial charge is 0.493 e. The Morgan fingerprint density at radius 1 is 1.22 bits per heavy atom. The highest BCUT2D eigenvalue weighted by molar-refractivity contribution is 5.69. The summed E-state index contributed by atoms with van der Waals surface area (Å²) in [6.07, 6.45) is 1.93. The molecular formula is C14H20O4. The molecule has 0 bridgehead atoms. The quantitative estimate of drug-likeness (QED) is 0.700. The van der Waals surface area contributed by atoms with Crippen LogP contribution in [-0.2, 0) is 16.0 Å². The highest BCUT2D eigenvalue weighted by Crippen LogP contribution is 2.31. The number of carbonyl (C=O) groups excluding carboxylic acids is 1. The second-order valence-electron chi connectivity index (χ2n) is 3.81. The van der Waals surface area contributed by atoms with Crippen LogP contribution in [0.4, 0.5) is 0 Å². The lowest BCUT2D eigenvalue weighted by molar-refractivity contribution is -0.143. The summed E-state index contributed by atoms with van der Waals surface area (Å²) >= 11 is 0. The summed E-state index contributed by atoms with van der Waals surface area (Å²) in [6, 6.07) is 5.75. The molecule has 0 saturated heterocycles. The van der Waals surface area contributed by atoms with Crippen molar-refractivity contribution in [3.05, 3.63) is 23.8 Å². The molecule has 4 nitrogen and oxygen atoms in total. The highest BCUT2D eigenvalue weighted by Gasteiger charge is 2.10. The van der Waals surface area contributed by atoms with Gasteiger partial charge in [-0.05, 0) is 31.4 Å². The molecule has 1 rings (SSSR count). The van der Waals surface area contributed by atoms with Crippen LogP contribution in [0, 0.1) is 0 Å². The molecule has 0 radical (unpaired) electrons. The number of benzene rings is 1. The van der Waals surface area contributed by atoms with Crippen molar-refractivity contribution < 1.29 is 19.0 Å². The summed E-state index contributed by atoms with van der Waals surface area (Å²) in [4.78, 5) is 11.2. The minimum atomic E-state index is -0.153. The molecule has 0 N–H and O–H groups in total. The van der Waals surface area contributed by atoms with Crippen LogP contribution in [0.3, 0.4) is 0 Å². The zero-order valence-corrected chi connectivity index (χ0v) is 11.2. The third kappa shape index (κ3) is 3.95. The van der Waals surface area contributed by atoms with E-state index in [1.54, 1.807) is 14.2 Å². The van der Waals surface area contributed by atoms with Crippen LogP contribution in [0.25, 0.3) is 0 Å². The smallest absolute Gasteiger partial charge is 0.305 e. The Morgan fingerprint density at radius 3 is 2.61 bits per heavy atom. The molecule has 0 heterocycles. The first-order valence-corrected chi connectivity index (χ1v) is 6.08. The number of aryl methyl sites for hydroxylation is 1. The van der Waals surface area contributed by atoms with Gasteiger partial charge in [0.25, 0.3) is 0 Å². The second-order valence-corrected chi connectivity index (χ2v) is 3.81. The molecule has 0 aromatic heterocycles. The van der Waals surface area contributed by atoms with E-state index >= 15 is 0 Å². The van der Waals surface area contributed by atoms with Crippen molar-refractivity contribution >= 4 is 5.97 Å². The zero-order chi connectivity index (χ0) is 13.4. The van der Waals surface area contributed by atoms with Crippen molar-refractivity contribution in [2.24, 2.45) is 0 Å². The molecule has 1 aromatic carbocycles. The molecule has 100 valence electrons. The van der Waals surface area contributed by atoms with Crippen molar-refractivity contribution in [2.75, 3.05) is 20.8 Å². The highest BCUT2D eigenvalue weighted by atomic mass is 16.5. The van der Waals surface area contributed by atoms with E-state index in [1.165, 1.54) is 0 Å². The lowest BCUT2D eigenvalue weighted by Crippen LogP contribution is -2.04. The maximum absolute atomic E-state index is 11.2. The van der Waals surface area contributed by atoms with Gasteiger partial charge in [-0.15, -0.1) is 0 Å². The maximum atomic E-state index is 11.2. The number of carbonyl (C=O) groups is 1. The molecule has 0 aliphatic heterocycles. The fraction of sp³-hybridized carbons (Fsp3) is 0.500. The minimum Gasteiger partial charge on any atom is -0.493 e. The van der Waals surface area contributed by atoms with Gasteiger partial charge in [-0.2, -0.15) is 0 Å². The van der Waals surface area contributed by atoms with Crippen LogP contribution in [-0.4, -0.2) is 26.8 Å². The average Bonchev–Trinajstić information content (AvgIpc) is 2.38. The lowest BCUT2D eigenvalue weighted by Gasteiger charge is -2.12. The van der Waals surface area contributed by atoms with E-state index < -0.39 is 0 Å². The van der Waals surface area contributed by atoms with Gasteiger partial charge in [0.15, 0.2) is 11.5 Å². The fourth-order valence-electron chi connectivity index (χ4n) is 1.81. The van der Waals surface area contributed by atoms with E-state index in [1.807, 2.05) is 25.1 Å². The molecule has 1 aromatic rings. The van der Waals surface area contributed by atoms with Crippen LogP contribution in [0.15, 0.2) is 18.2 Å². The standard InChI is InChI=1S/C14H20O4/c1-4-18-13(15)10-6-8-11-7-5-9-12(16-2)14(11)17-3/h5,7,9H,4,6,8,10H2,1-3H3. The third-order valence-corrected chi connectivity index (χ3v) is 2.62. The monoisotopic (exact) mass is 252 g/mol. The van der Waals surface area contributed by atoms with Gasteiger partial charge in [0.2, 0.25) is 0 Å². The van der Waals surface area contributed by atoms with Crippen LogP contribution >= 0.6 is 0 Å². The Hall–Kier alpha value is -1.71. The number of hydrogen-bond acceptors (Lipinski definition) is 4. The number of ether oxygens (including phenoxy) is 3. The first-order valence-electron chi connectivity index (χ1n) is 6.08. The summed E-state index contributed by atoms with van der Waals surface area (Å²) in [5.41, 5.74) is 1.04. The topological polar surface area (TPSA) is 44.8 Å². The Labute approximate surface area is 108 Å². The molecule has 0 amide bonds. The zero-order valence-electron chi connectivity index (χ0n) is 11.2. The molecule has 0 atom stereocenters. The van der Waals surface area contributed by atoms with Crippen LogP contribution in [0.5, 0.6) is 11.5 Å². The lowest BCUT2D eigenvalue weighted by atomic mass is 10.1. The first-order chi connectivity index (χ1) is 8.72. The van der Waals surface area contributed by atoms with Gasteiger partial charge >= 0.3 is 5.97 Å². The van der Waals surface area contributed by atoms with Gasteiger partial charge in [-0.25, -0.2) is 0 Å². The van der Waals surface area contributed by atoms with Crippen LogP contribution in [0.2, 0.25) is 0 Å². The predicted molar refractivity (Wildman–Crippen MR) is 69.1 cm³/mol. The minimum absolute atomic E-state index is 0.153. The van der Waals surface area contributed by atoms with Gasteiger partial charge in [-0.1, -0.05) is 12.1 Å². The van der Waals surface area contributed by atoms with E-state index in [-0.39, 0.29) is 5.97 Å². The van der Waals surface area contributed by atoms with E-state index in [9.17, 15) is 4.79 Å². The average molecular weight is 252 g/mol. The molecule has 0 unspecified atom stereocenters. The van der Waals surface area contributed by atoms with E-state index in [4.69, 9.17) is 14.2 Å². The molecule has 0 aliphatic carbocycles. The normalized spacial score (nSPS) is 9.94. The Morgan fingerprint density at radius 2 is 2.00 bits per heavy atom. The van der Waals surface area contributed by atoms with Crippen LogP contribution < -0.4 is 9.47 Å². The van der Waals surface area contributed by atoms with E-state index in [0.29, 0.717) is 18.8 Å². The van der Waals surface area contributed by atoms with E-state index in [0.717, 1.165) is 24.2 Å². The van der Waals surface area contributed by atoms with Crippen molar-refractivity contribution in [2.45, 2.75) is 26.2 Å². The molecule has 0 aliphatic rings. The van der Waals surface area contributed by atoms with Crippen molar-refractivity contribution in [3.8, 4) is 11.5 Å². The van der Waals surface area contributed by atoms with Crippen molar-refractivity contribution in [3.63, 3.8) is 0 Å². The number of hydrogen-bond donors (Lipinski definition) is 0. The first kappa shape index (κ1) is 14.4. The summed E-state index contributed by atoms with van der Waals surface area (Å²) in [6.45, 7) is 2.24. The predicted octanol–water partition coefficient (Wildman–Crippen LogP) is 2.59. The molecule has 18 heavy (non-hydrogen) atoms. The van der Waals surface area contributed by atoms with Gasteiger partial charge < -0.3 is 14.2 Å². The van der Waals surface area contributed by atoms with Crippen molar-refractivity contribution in [1.29, 1.82) is 0 Å². The number of methoxy groups -OCH3 is 2. The van der Waals surface area contributed by atoms with E-state index in [2.05, 4.69) is 0 Å². The molecular weight excluding hydrogens is 232 g/mol. The van der Waals surface area contributed by atoms with Gasteiger partial charge in [0.05, 0.1) is 20.8 Å². The number of esters is 1. The summed E-state index contributed by atoms with van der Waals surface area (Å²) in [5, 5.41) is 0. The molecule has 4 heteroatoms. The summed E-state index contributed by atoms with van der Waals surface area (Å²) in [5.74, 6) is 1.30. The Kier molecular flexibility index (Phi) is 6.05. The third-order valence-electron chi connectivity index (χ3n) is 2.62. The van der Waals surface area contributed by atoms with Crippen LogP contribution in [0.1, 0.15) is 25.3 Å². The Balaban J connectivity index is 2.59. The SMILES string of the molecule is CCOC(=O)CCCc1cccc(OC)c1OC. The molecule has 0 fully saturated rings. The molecule has 0 saturated carbocycles. The maximum Gasteiger partial charge on any atom is 0.305 e. The fourth-order valence-corrected chi connectivity index (χ4v) is 1.81. The number of rotatable bonds is 7. The van der Waals surface area contributed by atoms with Crippen molar-refractivity contribution in [1.82, 2.24) is 0 Å². The van der Waals surface area contributed by atoms with Gasteiger partial charge in [0.1, 0.15) is 0 Å². The number of para-hydroxylation sites is 1. The second kappa shape index (κ2) is 7.58. The van der Waals surface area contributed by atoms with Gasteiger partial charge in [0, 0.05) is 6.42 Å². The summed E-state index contributed by atoms with van der Waals surface area (Å²) in [7, 11) is 3.23. The Bertz CT molecular complexity index is 387. The molecule has 0 spiro atoms. The van der Waals surface area contributed by atoms with Gasteiger partial charge in [-0.3, -0.25) is 4.79 Å². The summed E-state index contributed by atoms with van der Waals surface area (Å²) < 4.78 is 15.4.